The fourth-order valence-electron chi connectivity index (χ4n) is 2.97. The van der Waals surface area contributed by atoms with Crippen LogP contribution in [0.25, 0.3) is 0 Å². The van der Waals surface area contributed by atoms with Crippen LogP contribution in [0.2, 0.25) is 0 Å². The molecule has 1 fully saturated rings. The van der Waals surface area contributed by atoms with Crippen LogP contribution in [-0.2, 0) is 6.54 Å². The molecule has 0 radical (unpaired) electrons. The lowest BCUT2D eigenvalue weighted by Crippen LogP contribution is -2.26. The number of ether oxygens (including phenoxy) is 1. The highest BCUT2D eigenvalue weighted by atomic mass is 16.5. The summed E-state index contributed by atoms with van der Waals surface area (Å²) in [4.78, 5) is 4.63. The second-order valence-corrected chi connectivity index (χ2v) is 5.86. The number of hydrogen-bond acceptors (Lipinski definition) is 3. The zero-order chi connectivity index (χ0) is 14.4. The molecule has 20 heavy (non-hydrogen) atoms. The van der Waals surface area contributed by atoms with Crippen LogP contribution < -0.4 is 10.1 Å². The van der Waals surface area contributed by atoms with E-state index in [1.165, 1.54) is 32.1 Å². The Bertz CT molecular complexity index is 419. The highest BCUT2D eigenvalue weighted by Crippen LogP contribution is 2.30. The topological polar surface area (TPSA) is 34.2 Å². The number of nitrogens with zero attached hydrogens (tertiary/aromatic N) is 1. The van der Waals surface area contributed by atoms with Gasteiger partial charge in [0, 0.05) is 12.2 Å². The van der Waals surface area contributed by atoms with Crippen molar-refractivity contribution in [3.8, 4) is 5.75 Å². The van der Waals surface area contributed by atoms with Crippen molar-refractivity contribution in [1.29, 1.82) is 0 Å². The number of nitrogens with one attached hydrogen (secondary N) is 1. The number of rotatable bonds is 6. The van der Waals surface area contributed by atoms with Crippen molar-refractivity contribution in [3.63, 3.8) is 0 Å². The molecule has 2 atom stereocenters. The Balaban J connectivity index is 2.03. The summed E-state index contributed by atoms with van der Waals surface area (Å²) in [6.45, 7) is 8.18. The van der Waals surface area contributed by atoms with Gasteiger partial charge in [0.25, 0.3) is 0 Å². The van der Waals surface area contributed by atoms with E-state index in [1.54, 1.807) is 0 Å². The third kappa shape index (κ3) is 4.20. The molecule has 0 aliphatic heterocycles. The van der Waals surface area contributed by atoms with Crippen LogP contribution in [0.4, 0.5) is 0 Å². The third-order valence-electron chi connectivity index (χ3n) is 4.22. The summed E-state index contributed by atoms with van der Waals surface area (Å²) in [5.41, 5.74) is 2.10. The van der Waals surface area contributed by atoms with Crippen LogP contribution in [-0.4, -0.2) is 17.6 Å². The molecule has 1 aromatic rings. The van der Waals surface area contributed by atoms with Crippen LogP contribution in [0.1, 0.15) is 57.3 Å². The third-order valence-corrected chi connectivity index (χ3v) is 4.22. The van der Waals surface area contributed by atoms with Gasteiger partial charge in [0.05, 0.1) is 11.8 Å². The Labute approximate surface area is 123 Å². The van der Waals surface area contributed by atoms with E-state index in [0.717, 1.165) is 36.1 Å². The molecule has 1 aliphatic carbocycles. The molecule has 0 amide bonds. The fourth-order valence-corrected chi connectivity index (χ4v) is 2.97. The zero-order valence-electron chi connectivity index (χ0n) is 13.1. The summed E-state index contributed by atoms with van der Waals surface area (Å²) in [6.07, 6.45) is 6.70. The minimum Gasteiger partial charge on any atom is -0.488 e. The van der Waals surface area contributed by atoms with Gasteiger partial charge in [0.1, 0.15) is 5.75 Å². The van der Waals surface area contributed by atoms with E-state index in [0.29, 0.717) is 6.10 Å². The van der Waals surface area contributed by atoms with Gasteiger partial charge in [-0.05, 0) is 50.8 Å². The molecular weight excluding hydrogens is 248 g/mol. The first-order valence-electron chi connectivity index (χ1n) is 8.06. The maximum absolute atomic E-state index is 6.27. The minimum absolute atomic E-state index is 0.374. The van der Waals surface area contributed by atoms with Gasteiger partial charge in [-0.15, -0.1) is 0 Å². The second kappa shape index (κ2) is 7.63. The molecule has 3 heteroatoms. The summed E-state index contributed by atoms with van der Waals surface area (Å²) >= 11 is 0. The number of pyridine rings is 1. The average Bonchev–Trinajstić information content (AvgIpc) is 2.47. The summed E-state index contributed by atoms with van der Waals surface area (Å²) in [7, 11) is 0. The zero-order valence-corrected chi connectivity index (χ0v) is 13.1. The summed E-state index contributed by atoms with van der Waals surface area (Å²) < 4.78 is 6.27. The van der Waals surface area contributed by atoms with Gasteiger partial charge in [-0.1, -0.05) is 26.7 Å². The lowest BCUT2D eigenvalue weighted by molar-refractivity contribution is 0.120. The van der Waals surface area contributed by atoms with E-state index in [-0.39, 0.29) is 0 Å². The first kappa shape index (κ1) is 15.3. The molecule has 2 unspecified atom stereocenters. The summed E-state index contributed by atoms with van der Waals surface area (Å²) in [5, 5.41) is 3.35. The van der Waals surface area contributed by atoms with Crippen molar-refractivity contribution >= 4 is 0 Å². The van der Waals surface area contributed by atoms with Gasteiger partial charge >= 0.3 is 0 Å². The van der Waals surface area contributed by atoms with E-state index < -0.39 is 0 Å². The van der Waals surface area contributed by atoms with Gasteiger partial charge in [0.15, 0.2) is 0 Å². The molecule has 2 rings (SSSR count). The van der Waals surface area contributed by atoms with Crippen molar-refractivity contribution < 1.29 is 4.74 Å². The van der Waals surface area contributed by atoms with Gasteiger partial charge in [-0.25, -0.2) is 0 Å². The maximum atomic E-state index is 6.27. The average molecular weight is 276 g/mol. The van der Waals surface area contributed by atoms with E-state index in [2.05, 4.69) is 30.2 Å². The molecule has 1 saturated carbocycles. The largest absolute Gasteiger partial charge is 0.488 e. The molecule has 1 aromatic heterocycles. The van der Waals surface area contributed by atoms with Gasteiger partial charge in [-0.2, -0.15) is 0 Å². The van der Waals surface area contributed by atoms with Crippen LogP contribution in [0.5, 0.6) is 5.75 Å². The molecule has 0 aromatic carbocycles. The molecule has 0 saturated heterocycles. The fraction of sp³-hybridized carbons (Fsp3) is 0.706. The molecule has 1 aliphatic rings. The van der Waals surface area contributed by atoms with Crippen LogP contribution >= 0.6 is 0 Å². The highest BCUT2D eigenvalue weighted by Gasteiger charge is 2.23. The smallest absolute Gasteiger partial charge is 0.142 e. The Kier molecular flexibility index (Phi) is 5.84. The van der Waals surface area contributed by atoms with E-state index in [4.69, 9.17) is 4.74 Å². The monoisotopic (exact) mass is 276 g/mol. The molecule has 0 spiro atoms. The van der Waals surface area contributed by atoms with Crippen molar-refractivity contribution in [2.45, 2.75) is 65.5 Å². The molecule has 0 bridgehead atoms. The van der Waals surface area contributed by atoms with Crippen LogP contribution in [0, 0.1) is 12.8 Å². The van der Waals surface area contributed by atoms with Crippen molar-refractivity contribution in [3.05, 3.63) is 23.5 Å². The molecule has 1 heterocycles. The van der Waals surface area contributed by atoms with Crippen molar-refractivity contribution in [2.75, 3.05) is 6.54 Å². The van der Waals surface area contributed by atoms with E-state index >= 15 is 0 Å². The Hall–Kier alpha value is -1.09. The minimum atomic E-state index is 0.374. The molecule has 1 N–H and O–H groups in total. The maximum Gasteiger partial charge on any atom is 0.142 e. The quantitative estimate of drug-likeness (QED) is 0.857. The molecule has 112 valence electrons. The Morgan fingerprint density at radius 1 is 1.30 bits per heavy atom. The lowest BCUT2D eigenvalue weighted by Gasteiger charge is -2.29. The van der Waals surface area contributed by atoms with E-state index in [9.17, 15) is 0 Å². The van der Waals surface area contributed by atoms with Crippen molar-refractivity contribution in [1.82, 2.24) is 10.3 Å². The molecule has 3 nitrogen and oxygen atoms in total. The van der Waals surface area contributed by atoms with Gasteiger partial charge < -0.3 is 10.1 Å². The Morgan fingerprint density at radius 2 is 2.15 bits per heavy atom. The van der Waals surface area contributed by atoms with Crippen LogP contribution in [0.3, 0.4) is 0 Å². The van der Waals surface area contributed by atoms with Gasteiger partial charge in [0.2, 0.25) is 0 Å². The number of aromatic nitrogens is 1. The lowest BCUT2D eigenvalue weighted by atomic mass is 9.85. The number of aryl methyl sites for hydroxylation is 1. The first-order valence-corrected chi connectivity index (χ1v) is 8.06. The summed E-state index contributed by atoms with van der Waals surface area (Å²) in [6, 6.07) is 4.13. The van der Waals surface area contributed by atoms with Crippen molar-refractivity contribution in [2.24, 2.45) is 5.92 Å². The predicted molar refractivity (Wildman–Crippen MR) is 83.0 cm³/mol. The molecular formula is C17H28N2O. The van der Waals surface area contributed by atoms with Gasteiger partial charge in [-0.3, -0.25) is 4.98 Å². The first-order chi connectivity index (χ1) is 9.72. The SMILES string of the molecule is CCNCc1nc(C)ccc1OC1CCCC(CC)C1. The highest BCUT2D eigenvalue weighted by molar-refractivity contribution is 5.29. The second-order valence-electron chi connectivity index (χ2n) is 5.86. The normalized spacial score (nSPS) is 22.8. The van der Waals surface area contributed by atoms with E-state index in [1.807, 2.05) is 13.0 Å². The van der Waals surface area contributed by atoms with Crippen LogP contribution in [0.15, 0.2) is 12.1 Å². The Morgan fingerprint density at radius 3 is 2.90 bits per heavy atom. The standard InChI is InChI=1S/C17H28N2O/c1-4-14-7-6-8-15(11-14)20-17-10-9-13(3)19-16(17)12-18-5-2/h9-10,14-15,18H,4-8,11-12H2,1-3H3. The number of hydrogen-bond donors (Lipinski definition) is 1. The summed E-state index contributed by atoms with van der Waals surface area (Å²) in [5.74, 6) is 1.81. The predicted octanol–water partition coefficient (Wildman–Crippen LogP) is 3.85.